The van der Waals surface area contributed by atoms with Crippen LogP contribution in [0.2, 0.25) is 0 Å². The van der Waals surface area contributed by atoms with Crippen LogP contribution in [0.15, 0.2) is 59.1 Å². The molecule has 0 aliphatic carbocycles. The lowest BCUT2D eigenvalue weighted by Gasteiger charge is -2.07. The first-order valence-electron chi connectivity index (χ1n) is 7.17. The molecular weight excluding hydrogens is 326 g/mol. The van der Waals surface area contributed by atoms with Gasteiger partial charge in [0.15, 0.2) is 5.13 Å². The predicted molar refractivity (Wildman–Crippen MR) is 96.1 cm³/mol. The molecule has 1 aromatic carbocycles. The zero-order chi connectivity index (χ0) is 16.1. The standard InChI is InChI=1S/C17H15N3OS2/c1-2-22-15-8-4-3-7-13(15)16(21)20-17-19-14(11-23-17)12-6-5-9-18-10-12/h3-11H,2H2,1H3,(H,19,20,21). The van der Waals surface area contributed by atoms with Crippen molar-refractivity contribution < 1.29 is 4.79 Å². The number of anilines is 1. The Balaban J connectivity index is 1.78. The number of rotatable bonds is 5. The molecule has 3 aromatic rings. The molecule has 0 spiro atoms. The number of pyridine rings is 1. The van der Waals surface area contributed by atoms with Crippen molar-refractivity contribution in [2.45, 2.75) is 11.8 Å². The highest BCUT2D eigenvalue weighted by atomic mass is 32.2. The van der Waals surface area contributed by atoms with Crippen molar-refractivity contribution in [1.82, 2.24) is 9.97 Å². The SMILES string of the molecule is CCSc1ccccc1C(=O)Nc1nc(-c2cccnc2)cs1. The predicted octanol–water partition coefficient (Wildman–Crippen LogP) is 4.57. The van der Waals surface area contributed by atoms with Gasteiger partial charge in [0.25, 0.3) is 5.91 Å². The third-order valence-electron chi connectivity index (χ3n) is 3.11. The van der Waals surface area contributed by atoms with Gasteiger partial charge < -0.3 is 0 Å². The normalized spacial score (nSPS) is 10.5. The second-order valence-electron chi connectivity index (χ2n) is 4.66. The molecule has 0 radical (unpaired) electrons. The average molecular weight is 341 g/mol. The Labute approximate surface area is 143 Å². The number of carbonyl (C=O) groups excluding carboxylic acids is 1. The van der Waals surface area contributed by atoms with E-state index in [0.717, 1.165) is 21.9 Å². The van der Waals surface area contributed by atoms with Crippen molar-refractivity contribution in [1.29, 1.82) is 0 Å². The van der Waals surface area contributed by atoms with Crippen LogP contribution < -0.4 is 5.32 Å². The van der Waals surface area contributed by atoms with Crippen LogP contribution in [0.4, 0.5) is 5.13 Å². The molecule has 0 aliphatic heterocycles. The topological polar surface area (TPSA) is 54.9 Å². The van der Waals surface area contributed by atoms with Crippen molar-refractivity contribution in [3.05, 3.63) is 59.7 Å². The number of amides is 1. The maximum Gasteiger partial charge on any atom is 0.258 e. The number of benzene rings is 1. The van der Waals surface area contributed by atoms with Gasteiger partial charge in [-0.3, -0.25) is 15.1 Å². The van der Waals surface area contributed by atoms with E-state index in [-0.39, 0.29) is 5.91 Å². The summed E-state index contributed by atoms with van der Waals surface area (Å²) < 4.78 is 0. The maximum absolute atomic E-state index is 12.5. The van der Waals surface area contributed by atoms with Gasteiger partial charge in [0.05, 0.1) is 11.3 Å². The molecule has 0 saturated heterocycles. The summed E-state index contributed by atoms with van der Waals surface area (Å²) in [5.74, 6) is 0.792. The summed E-state index contributed by atoms with van der Waals surface area (Å²) in [6, 6.07) is 11.4. The highest BCUT2D eigenvalue weighted by molar-refractivity contribution is 7.99. The van der Waals surface area contributed by atoms with Crippen molar-refractivity contribution in [2.75, 3.05) is 11.1 Å². The van der Waals surface area contributed by atoms with Gasteiger partial charge in [0.1, 0.15) is 0 Å². The van der Waals surface area contributed by atoms with Crippen LogP contribution >= 0.6 is 23.1 Å². The molecule has 1 N–H and O–H groups in total. The molecule has 23 heavy (non-hydrogen) atoms. The molecular formula is C17H15N3OS2. The molecule has 2 aromatic heterocycles. The number of nitrogens with one attached hydrogen (secondary N) is 1. The second kappa shape index (κ2) is 7.39. The molecule has 4 nitrogen and oxygen atoms in total. The van der Waals surface area contributed by atoms with Gasteiger partial charge in [0, 0.05) is 28.2 Å². The number of aromatic nitrogens is 2. The molecule has 6 heteroatoms. The smallest absolute Gasteiger partial charge is 0.258 e. The van der Waals surface area contributed by atoms with E-state index in [4.69, 9.17) is 0 Å². The quantitative estimate of drug-likeness (QED) is 0.691. The molecule has 2 heterocycles. The van der Waals surface area contributed by atoms with E-state index in [9.17, 15) is 4.79 Å². The van der Waals surface area contributed by atoms with E-state index in [1.165, 1.54) is 11.3 Å². The van der Waals surface area contributed by atoms with E-state index in [0.29, 0.717) is 10.7 Å². The Hall–Kier alpha value is -2.18. The van der Waals surface area contributed by atoms with E-state index < -0.39 is 0 Å². The monoisotopic (exact) mass is 341 g/mol. The number of hydrogen-bond acceptors (Lipinski definition) is 5. The van der Waals surface area contributed by atoms with Crippen LogP contribution in [0.3, 0.4) is 0 Å². The molecule has 0 unspecified atom stereocenters. The fraction of sp³-hybridized carbons (Fsp3) is 0.118. The summed E-state index contributed by atoms with van der Waals surface area (Å²) in [4.78, 5) is 22.0. The zero-order valence-corrected chi connectivity index (χ0v) is 14.2. The molecule has 0 atom stereocenters. The number of nitrogens with zero attached hydrogens (tertiary/aromatic N) is 2. The first kappa shape index (κ1) is 15.7. The number of carbonyl (C=O) groups is 1. The average Bonchev–Trinajstić information content (AvgIpc) is 3.05. The first-order valence-corrected chi connectivity index (χ1v) is 9.03. The van der Waals surface area contributed by atoms with Crippen LogP contribution in [0.5, 0.6) is 0 Å². The molecule has 116 valence electrons. The Morgan fingerprint density at radius 2 is 2.13 bits per heavy atom. The van der Waals surface area contributed by atoms with Crippen molar-refractivity contribution in [3.8, 4) is 11.3 Å². The Bertz CT molecular complexity index is 802. The summed E-state index contributed by atoms with van der Waals surface area (Å²) in [6.07, 6.45) is 3.48. The Morgan fingerprint density at radius 3 is 2.91 bits per heavy atom. The van der Waals surface area contributed by atoms with Crippen LogP contribution in [0, 0.1) is 0 Å². The van der Waals surface area contributed by atoms with Gasteiger partial charge in [-0.05, 0) is 30.0 Å². The van der Waals surface area contributed by atoms with Crippen molar-refractivity contribution in [2.24, 2.45) is 0 Å². The largest absolute Gasteiger partial charge is 0.298 e. The van der Waals surface area contributed by atoms with Gasteiger partial charge >= 0.3 is 0 Å². The summed E-state index contributed by atoms with van der Waals surface area (Å²) in [6.45, 7) is 2.07. The maximum atomic E-state index is 12.5. The number of hydrogen-bond donors (Lipinski definition) is 1. The van der Waals surface area contributed by atoms with Gasteiger partial charge in [-0.2, -0.15) is 0 Å². The summed E-state index contributed by atoms with van der Waals surface area (Å²) >= 11 is 3.07. The summed E-state index contributed by atoms with van der Waals surface area (Å²) in [7, 11) is 0. The zero-order valence-electron chi connectivity index (χ0n) is 12.5. The first-order chi connectivity index (χ1) is 11.3. The molecule has 0 saturated carbocycles. The van der Waals surface area contributed by atoms with Crippen molar-refractivity contribution >= 4 is 34.1 Å². The van der Waals surface area contributed by atoms with Crippen molar-refractivity contribution in [3.63, 3.8) is 0 Å². The van der Waals surface area contributed by atoms with E-state index in [1.807, 2.05) is 41.8 Å². The van der Waals surface area contributed by atoms with Gasteiger partial charge in [-0.1, -0.05) is 19.1 Å². The third kappa shape index (κ3) is 3.78. The van der Waals surface area contributed by atoms with Gasteiger partial charge in [-0.25, -0.2) is 4.98 Å². The minimum Gasteiger partial charge on any atom is -0.298 e. The minimum atomic E-state index is -0.131. The van der Waals surface area contributed by atoms with E-state index in [2.05, 4.69) is 22.2 Å². The third-order valence-corrected chi connectivity index (χ3v) is 4.83. The molecule has 0 bridgehead atoms. The highest BCUT2D eigenvalue weighted by Crippen LogP contribution is 2.26. The lowest BCUT2D eigenvalue weighted by molar-refractivity contribution is 0.102. The summed E-state index contributed by atoms with van der Waals surface area (Å²) in [5.41, 5.74) is 2.43. The lowest BCUT2D eigenvalue weighted by atomic mass is 10.2. The van der Waals surface area contributed by atoms with Crippen LogP contribution in [-0.4, -0.2) is 21.6 Å². The second-order valence-corrected chi connectivity index (χ2v) is 6.83. The molecule has 0 fully saturated rings. The molecule has 0 aliphatic rings. The van der Waals surface area contributed by atoms with Gasteiger partial charge in [0.2, 0.25) is 0 Å². The molecule has 3 rings (SSSR count). The lowest BCUT2D eigenvalue weighted by Crippen LogP contribution is -2.12. The van der Waals surface area contributed by atoms with Crippen LogP contribution in [-0.2, 0) is 0 Å². The van der Waals surface area contributed by atoms with Crippen LogP contribution in [0.25, 0.3) is 11.3 Å². The number of thioether (sulfide) groups is 1. The Morgan fingerprint density at radius 1 is 1.26 bits per heavy atom. The fourth-order valence-electron chi connectivity index (χ4n) is 2.08. The minimum absolute atomic E-state index is 0.131. The molecule has 1 amide bonds. The number of thiazole rings is 1. The van der Waals surface area contributed by atoms with E-state index in [1.54, 1.807) is 24.2 Å². The van der Waals surface area contributed by atoms with E-state index >= 15 is 0 Å². The van der Waals surface area contributed by atoms with Crippen LogP contribution in [0.1, 0.15) is 17.3 Å². The van der Waals surface area contributed by atoms with Gasteiger partial charge in [-0.15, -0.1) is 23.1 Å². The fourth-order valence-corrected chi connectivity index (χ4v) is 3.59. The summed E-state index contributed by atoms with van der Waals surface area (Å²) in [5, 5.41) is 5.39. The highest BCUT2D eigenvalue weighted by Gasteiger charge is 2.13. The Kier molecular flexibility index (Phi) is 5.05.